The van der Waals surface area contributed by atoms with Crippen LogP contribution in [0.3, 0.4) is 0 Å². The van der Waals surface area contributed by atoms with E-state index in [0.29, 0.717) is 6.42 Å². The van der Waals surface area contributed by atoms with E-state index in [9.17, 15) is 30.3 Å². The molecule has 2 saturated heterocycles. The summed E-state index contributed by atoms with van der Waals surface area (Å²) in [5, 5.41) is 50.7. The van der Waals surface area contributed by atoms with Gasteiger partial charge in [0, 0.05) is 23.7 Å². The molecular formula is C21H34O9. The lowest BCUT2D eigenvalue weighted by Gasteiger charge is -2.57. The number of hydrogen-bond donors (Lipinski definition) is 5. The van der Waals surface area contributed by atoms with Crippen LogP contribution in [0, 0.1) is 29.1 Å². The van der Waals surface area contributed by atoms with Crippen LogP contribution in [-0.2, 0) is 19.0 Å². The van der Waals surface area contributed by atoms with Gasteiger partial charge >= 0.3 is 5.97 Å². The van der Waals surface area contributed by atoms with E-state index in [4.69, 9.17) is 14.2 Å². The van der Waals surface area contributed by atoms with Gasteiger partial charge in [0.2, 0.25) is 0 Å². The van der Waals surface area contributed by atoms with E-state index in [1.807, 2.05) is 13.8 Å². The van der Waals surface area contributed by atoms with Crippen molar-refractivity contribution in [3.8, 4) is 0 Å². The molecule has 13 unspecified atom stereocenters. The summed E-state index contributed by atoms with van der Waals surface area (Å²) in [4.78, 5) is 12.2. The zero-order chi connectivity index (χ0) is 22.0. The smallest absolute Gasteiger partial charge is 0.309 e. The fourth-order valence-corrected chi connectivity index (χ4v) is 6.33. The number of carbonyl (C=O) groups excluding carboxylic acids is 1. The van der Waals surface area contributed by atoms with Gasteiger partial charge in [0.05, 0.1) is 24.7 Å². The van der Waals surface area contributed by atoms with E-state index >= 15 is 0 Å². The predicted octanol–water partition coefficient (Wildman–Crippen LogP) is -0.834. The molecule has 0 amide bonds. The van der Waals surface area contributed by atoms with Crippen LogP contribution in [0.5, 0.6) is 0 Å². The summed E-state index contributed by atoms with van der Waals surface area (Å²) in [6.07, 6.45) is -6.44. The van der Waals surface area contributed by atoms with E-state index < -0.39 is 54.9 Å². The van der Waals surface area contributed by atoms with Crippen LogP contribution in [-0.4, -0.2) is 87.1 Å². The van der Waals surface area contributed by atoms with Gasteiger partial charge in [-0.3, -0.25) is 4.79 Å². The Bertz CT molecular complexity index is 656. The van der Waals surface area contributed by atoms with Crippen molar-refractivity contribution in [3.05, 3.63) is 0 Å². The lowest BCUT2D eigenvalue weighted by Crippen LogP contribution is -2.63. The molecule has 0 bridgehead atoms. The molecule has 4 fully saturated rings. The predicted molar refractivity (Wildman–Crippen MR) is 102 cm³/mol. The maximum atomic E-state index is 12.2. The number of hydrogen-bond acceptors (Lipinski definition) is 9. The number of ether oxygens (including phenoxy) is 3. The molecular weight excluding hydrogens is 396 g/mol. The molecule has 4 rings (SSSR count). The van der Waals surface area contributed by atoms with Crippen molar-refractivity contribution in [1.29, 1.82) is 0 Å². The van der Waals surface area contributed by atoms with Gasteiger partial charge in [-0.2, -0.15) is 0 Å². The van der Waals surface area contributed by atoms with Crippen LogP contribution in [0.25, 0.3) is 0 Å². The molecule has 13 atom stereocenters. The Morgan fingerprint density at radius 3 is 2.50 bits per heavy atom. The second kappa shape index (κ2) is 7.95. The summed E-state index contributed by atoms with van der Waals surface area (Å²) in [7, 11) is 0. The minimum Gasteiger partial charge on any atom is -0.462 e. The van der Waals surface area contributed by atoms with E-state index in [0.717, 1.165) is 12.8 Å². The number of esters is 1. The van der Waals surface area contributed by atoms with Crippen LogP contribution in [0.15, 0.2) is 0 Å². The molecule has 9 heteroatoms. The third kappa shape index (κ3) is 3.30. The Hall–Kier alpha value is -0.810. The van der Waals surface area contributed by atoms with Crippen LogP contribution in [0.1, 0.15) is 40.0 Å². The molecule has 172 valence electrons. The SMILES string of the molecule is CC1C(=O)OC2C1CCC1(C)C(OC3OC(CO)C(O)C(O)C3O)CC(O)C(C)C21. The van der Waals surface area contributed by atoms with Crippen molar-refractivity contribution in [2.45, 2.75) is 89.1 Å². The Balaban J connectivity index is 1.59. The van der Waals surface area contributed by atoms with Gasteiger partial charge in [0.15, 0.2) is 6.29 Å². The lowest BCUT2D eigenvalue weighted by atomic mass is 9.51. The van der Waals surface area contributed by atoms with Crippen LogP contribution >= 0.6 is 0 Å². The zero-order valence-electron chi connectivity index (χ0n) is 17.6. The van der Waals surface area contributed by atoms with Crippen molar-refractivity contribution < 1.29 is 44.5 Å². The number of aliphatic hydroxyl groups is 5. The molecule has 2 aliphatic heterocycles. The number of fused-ring (bicyclic) bond motifs is 3. The molecule has 0 aromatic heterocycles. The maximum absolute atomic E-state index is 12.2. The van der Waals surface area contributed by atoms with Gasteiger partial charge in [0.25, 0.3) is 0 Å². The highest BCUT2D eigenvalue weighted by Gasteiger charge is 2.62. The third-order valence-electron chi connectivity index (χ3n) is 8.33. The van der Waals surface area contributed by atoms with Gasteiger partial charge < -0.3 is 39.7 Å². The molecule has 5 N–H and O–H groups in total. The van der Waals surface area contributed by atoms with Crippen molar-refractivity contribution in [3.63, 3.8) is 0 Å². The van der Waals surface area contributed by atoms with Gasteiger partial charge in [-0.05, 0) is 18.8 Å². The van der Waals surface area contributed by atoms with Gasteiger partial charge in [0.1, 0.15) is 30.5 Å². The summed E-state index contributed by atoms with van der Waals surface area (Å²) >= 11 is 0. The monoisotopic (exact) mass is 430 g/mol. The topological polar surface area (TPSA) is 146 Å². The normalized spacial score (nSPS) is 56.2. The first kappa shape index (κ1) is 22.4. The summed E-state index contributed by atoms with van der Waals surface area (Å²) in [6.45, 7) is 5.38. The Labute approximate surface area is 175 Å². The Morgan fingerprint density at radius 2 is 1.83 bits per heavy atom. The first-order chi connectivity index (χ1) is 14.1. The number of carbonyl (C=O) groups is 1. The summed E-state index contributed by atoms with van der Waals surface area (Å²) < 4.78 is 17.4. The fourth-order valence-electron chi connectivity index (χ4n) is 6.33. The number of rotatable bonds is 3. The minimum absolute atomic E-state index is 0.101. The Kier molecular flexibility index (Phi) is 5.93. The van der Waals surface area contributed by atoms with E-state index in [-0.39, 0.29) is 35.7 Å². The average Bonchev–Trinajstić information content (AvgIpc) is 2.99. The molecule has 0 aromatic carbocycles. The van der Waals surface area contributed by atoms with Crippen LogP contribution < -0.4 is 0 Å². The summed E-state index contributed by atoms with van der Waals surface area (Å²) in [5.41, 5.74) is -0.442. The average molecular weight is 430 g/mol. The first-order valence-electron chi connectivity index (χ1n) is 10.9. The molecule has 4 aliphatic rings. The van der Waals surface area contributed by atoms with Crippen molar-refractivity contribution in [2.24, 2.45) is 29.1 Å². The first-order valence-corrected chi connectivity index (χ1v) is 10.9. The van der Waals surface area contributed by atoms with Crippen molar-refractivity contribution in [1.82, 2.24) is 0 Å². The highest BCUT2D eigenvalue weighted by molar-refractivity contribution is 5.75. The molecule has 30 heavy (non-hydrogen) atoms. The van der Waals surface area contributed by atoms with Gasteiger partial charge in [-0.1, -0.05) is 20.8 Å². The summed E-state index contributed by atoms with van der Waals surface area (Å²) in [5.74, 6) is -0.487. The van der Waals surface area contributed by atoms with E-state index in [1.54, 1.807) is 0 Å². The quantitative estimate of drug-likeness (QED) is 0.362. The maximum Gasteiger partial charge on any atom is 0.309 e. The second-order valence-corrected chi connectivity index (χ2v) is 9.91. The standard InChI is InChI=1S/C21H34O9/c1-8-10-4-5-21(3)13(6-11(23)9(2)14(21)18(10)30-19(8)27)29-20-17(26)16(25)15(24)12(7-22)28-20/h8-18,20,22-26H,4-7H2,1-3H3. The molecule has 0 spiro atoms. The largest absolute Gasteiger partial charge is 0.462 e. The second-order valence-electron chi connectivity index (χ2n) is 9.91. The van der Waals surface area contributed by atoms with Crippen LogP contribution in [0.4, 0.5) is 0 Å². The van der Waals surface area contributed by atoms with E-state index in [1.165, 1.54) is 0 Å². The molecule has 9 nitrogen and oxygen atoms in total. The molecule has 2 saturated carbocycles. The minimum atomic E-state index is -1.52. The van der Waals surface area contributed by atoms with Crippen molar-refractivity contribution >= 4 is 5.97 Å². The third-order valence-corrected chi connectivity index (χ3v) is 8.33. The fraction of sp³-hybridized carbons (Fsp3) is 0.952. The molecule has 0 radical (unpaired) electrons. The molecule has 2 heterocycles. The van der Waals surface area contributed by atoms with Crippen LogP contribution in [0.2, 0.25) is 0 Å². The van der Waals surface area contributed by atoms with Crippen molar-refractivity contribution in [2.75, 3.05) is 6.61 Å². The van der Waals surface area contributed by atoms with E-state index in [2.05, 4.69) is 6.92 Å². The van der Waals surface area contributed by atoms with Gasteiger partial charge in [-0.15, -0.1) is 0 Å². The summed E-state index contributed by atoms with van der Waals surface area (Å²) in [6, 6.07) is 0. The lowest BCUT2D eigenvalue weighted by molar-refractivity contribution is -0.332. The Morgan fingerprint density at radius 1 is 1.13 bits per heavy atom. The molecule has 0 aromatic rings. The highest BCUT2D eigenvalue weighted by atomic mass is 16.7. The number of aliphatic hydroxyl groups excluding tert-OH is 5. The zero-order valence-corrected chi connectivity index (χ0v) is 17.6. The van der Waals surface area contributed by atoms with Gasteiger partial charge in [-0.25, -0.2) is 0 Å². The highest BCUT2D eigenvalue weighted by Crippen LogP contribution is 2.58. The molecule has 2 aliphatic carbocycles.